The fourth-order valence-electron chi connectivity index (χ4n) is 2.00. The number of carbonyl (C=O) groups is 1. The first kappa shape index (κ1) is 19.5. The molecule has 0 radical (unpaired) electrons. The first-order valence-corrected chi connectivity index (χ1v) is 8.05. The number of hydrazone groups is 1. The van der Waals surface area contributed by atoms with Gasteiger partial charge in [-0.2, -0.15) is 5.10 Å². The lowest BCUT2D eigenvalue weighted by Gasteiger charge is -2.13. The van der Waals surface area contributed by atoms with Gasteiger partial charge in [-0.1, -0.05) is 29.3 Å². The number of phenols is 1. The van der Waals surface area contributed by atoms with Crippen LogP contribution in [0.3, 0.4) is 0 Å². The van der Waals surface area contributed by atoms with E-state index in [-0.39, 0.29) is 10.6 Å². The summed E-state index contributed by atoms with van der Waals surface area (Å²) in [5, 5.41) is 27.9. The normalized spacial score (nSPS) is 12.0. The minimum absolute atomic E-state index is 0.0000431. The molecule has 1 amide bonds. The van der Waals surface area contributed by atoms with E-state index in [1.54, 1.807) is 31.2 Å². The fraction of sp³-hybridized carbons (Fsp3) is 0.125. The Bertz CT molecular complexity index is 873. The van der Waals surface area contributed by atoms with Gasteiger partial charge in [0.05, 0.1) is 11.1 Å². The number of carbonyl (C=O) groups excluding carboxylic acids is 1. The molecule has 0 aliphatic rings. The molecule has 2 rings (SSSR count). The van der Waals surface area contributed by atoms with Crippen LogP contribution < -0.4 is 10.7 Å². The predicted octanol–water partition coefficient (Wildman–Crippen LogP) is 3.56. The predicted molar refractivity (Wildman–Crippen MR) is 100 cm³/mol. The summed E-state index contributed by atoms with van der Waals surface area (Å²) in [6.45, 7) is 1.62. The van der Waals surface area contributed by atoms with Gasteiger partial charge in [0.2, 0.25) is 5.75 Å². The molecule has 0 bridgehead atoms. The molecule has 0 unspecified atom stereocenters. The van der Waals surface area contributed by atoms with Crippen LogP contribution >= 0.6 is 23.2 Å². The molecule has 2 aromatic carbocycles. The van der Waals surface area contributed by atoms with E-state index in [9.17, 15) is 20.0 Å². The summed E-state index contributed by atoms with van der Waals surface area (Å²) in [5.74, 6) is -1.06. The number of nitrogens with zero attached hydrogens (tertiary/aromatic N) is 2. The van der Waals surface area contributed by atoms with Gasteiger partial charge in [-0.15, -0.1) is 0 Å². The molecule has 0 fully saturated rings. The molecule has 26 heavy (non-hydrogen) atoms. The van der Waals surface area contributed by atoms with Crippen LogP contribution in [0.2, 0.25) is 10.0 Å². The van der Waals surface area contributed by atoms with Gasteiger partial charge < -0.3 is 10.4 Å². The standard InChI is InChI=1S/C16H14Cl2N4O4/c1-9(20-13-4-2-3-11(17)6-13)16(24)21-19-8-10-5-12(18)7-14(15(10)23)22(25)26/h2-9,20,23H,1H3,(H,21,24)/b19-8-/t9-/m0/s1. The molecule has 2 aromatic rings. The molecule has 3 N–H and O–H groups in total. The van der Waals surface area contributed by atoms with E-state index in [0.717, 1.165) is 12.3 Å². The van der Waals surface area contributed by atoms with Crippen molar-refractivity contribution in [3.05, 3.63) is 62.1 Å². The van der Waals surface area contributed by atoms with E-state index < -0.39 is 28.3 Å². The Balaban J connectivity index is 2.03. The number of nitrogens with one attached hydrogen (secondary N) is 2. The van der Waals surface area contributed by atoms with Gasteiger partial charge in [0.25, 0.3) is 5.91 Å². The lowest BCUT2D eigenvalue weighted by molar-refractivity contribution is -0.385. The van der Waals surface area contributed by atoms with E-state index in [1.165, 1.54) is 6.07 Å². The van der Waals surface area contributed by atoms with Crippen molar-refractivity contribution in [2.24, 2.45) is 5.10 Å². The molecule has 0 spiro atoms. The van der Waals surface area contributed by atoms with E-state index in [1.807, 2.05) is 0 Å². The molecule has 8 nitrogen and oxygen atoms in total. The third kappa shape index (κ3) is 5.08. The summed E-state index contributed by atoms with van der Waals surface area (Å²) in [4.78, 5) is 22.1. The van der Waals surface area contributed by atoms with Crippen LogP contribution in [-0.4, -0.2) is 28.2 Å². The molecule has 10 heteroatoms. The van der Waals surface area contributed by atoms with Crippen molar-refractivity contribution in [1.82, 2.24) is 5.43 Å². The van der Waals surface area contributed by atoms with Gasteiger partial charge in [-0.25, -0.2) is 5.43 Å². The topological polar surface area (TPSA) is 117 Å². The first-order valence-electron chi connectivity index (χ1n) is 7.30. The summed E-state index contributed by atoms with van der Waals surface area (Å²) in [6, 6.07) is 8.53. The van der Waals surface area contributed by atoms with Gasteiger partial charge in [0.15, 0.2) is 0 Å². The summed E-state index contributed by atoms with van der Waals surface area (Å²) < 4.78 is 0. The largest absolute Gasteiger partial charge is 0.502 e. The molecular formula is C16H14Cl2N4O4. The molecule has 1 atom stereocenters. The Labute approximate surface area is 158 Å². The second kappa shape index (κ2) is 8.50. The highest BCUT2D eigenvalue weighted by atomic mass is 35.5. The van der Waals surface area contributed by atoms with Crippen LogP contribution in [0.1, 0.15) is 12.5 Å². The number of halogens is 2. The minimum Gasteiger partial charge on any atom is -0.502 e. The summed E-state index contributed by atoms with van der Waals surface area (Å²) >= 11 is 11.7. The average molecular weight is 397 g/mol. The molecule has 0 aliphatic carbocycles. The number of phenolic OH excluding ortho intramolecular Hbond substituents is 1. The SMILES string of the molecule is C[C@H](Nc1cccc(Cl)c1)C(=O)N/N=C\c1cc(Cl)cc([N+](=O)[O-])c1O. The Hall–Kier alpha value is -2.84. The van der Waals surface area contributed by atoms with Crippen LogP contribution in [0.5, 0.6) is 5.75 Å². The van der Waals surface area contributed by atoms with E-state index in [0.29, 0.717) is 10.7 Å². The lowest BCUT2D eigenvalue weighted by Crippen LogP contribution is -2.34. The molecule has 0 aromatic heterocycles. The zero-order valence-corrected chi connectivity index (χ0v) is 15.0. The number of hydrogen-bond donors (Lipinski definition) is 3. The van der Waals surface area contributed by atoms with Gasteiger partial charge in [-0.3, -0.25) is 14.9 Å². The number of hydrogen-bond acceptors (Lipinski definition) is 6. The van der Waals surface area contributed by atoms with Gasteiger partial charge in [0.1, 0.15) is 6.04 Å². The van der Waals surface area contributed by atoms with Crippen molar-refractivity contribution < 1.29 is 14.8 Å². The van der Waals surface area contributed by atoms with Crippen LogP contribution in [0.15, 0.2) is 41.5 Å². The number of amides is 1. The maximum Gasteiger partial charge on any atom is 0.312 e. The number of anilines is 1. The molecular weight excluding hydrogens is 383 g/mol. The molecule has 0 heterocycles. The Morgan fingerprint density at radius 1 is 1.31 bits per heavy atom. The quantitative estimate of drug-likeness (QED) is 0.392. The number of aromatic hydroxyl groups is 1. The third-order valence-electron chi connectivity index (χ3n) is 3.26. The van der Waals surface area contributed by atoms with Crippen LogP contribution in [0, 0.1) is 10.1 Å². The highest BCUT2D eigenvalue weighted by Crippen LogP contribution is 2.32. The van der Waals surface area contributed by atoms with Gasteiger partial charge in [-0.05, 0) is 31.2 Å². The van der Waals surface area contributed by atoms with E-state index >= 15 is 0 Å². The van der Waals surface area contributed by atoms with E-state index in [2.05, 4.69) is 15.8 Å². The Morgan fingerprint density at radius 2 is 2.04 bits per heavy atom. The molecule has 0 saturated carbocycles. The van der Waals surface area contributed by atoms with Gasteiger partial charge >= 0.3 is 5.69 Å². The number of nitro benzene ring substituents is 1. The highest BCUT2D eigenvalue weighted by molar-refractivity contribution is 6.31. The fourth-order valence-corrected chi connectivity index (χ4v) is 2.41. The first-order chi connectivity index (χ1) is 12.3. The second-order valence-corrected chi connectivity index (χ2v) is 6.10. The van der Waals surface area contributed by atoms with Crippen molar-refractivity contribution in [2.45, 2.75) is 13.0 Å². The lowest BCUT2D eigenvalue weighted by atomic mass is 10.2. The van der Waals surface area contributed by atoms with Crippen molar-refractivity contribution in [3.8, 4) is 5.75 Å². The maximum absolute atomic E-state index is 12.0. The van der Waals surface area contributed by atoms with Crippen LogP contribution in [-0.2, 0) is 4.79 Å². The highest BCUT2D eigenvalue weighted by Gasteiger charge is 2.18. The number of nitro groups is 1. The monoisotopic (exact) mass is 396 g/mol. The Kier molecular flexibility index (Phi) is 6.37. The molecule has 0 aliphatic heterocycles. The van der Waals surface area contributed by atoms with Crippen molar-refractivity contribution in [3.63, 3.8) is 0 Å². The van der Waals surface area contributed by atoms with Crippen molar-refractivity contribution in [1.29, 1.82) is 0 Å². The average Bonchev–Trinajstić information content (AvgIpc) is 2.57. The number of rotatable bonds is 6. The molecule has 136 valence electrons. The third-order valence-corrected chi connectivity index (χ3v) is 3.71. The zero-order valence-electron chi connectivity index (χ0n) is 13.4. The van der Waals surface area contributed by atoms with Gasteiger partial charge in [0, 0.05) is 27.4 Å². The smallest absolute Gasteiger partial charge is 0.312 e. The maximum atomic E-state index is 12.0. The second-order valence-electron chi connectivity index (χ2n) is 5.23. The Morgan fingerprint density at radius 3 is 2.69 bits per heavy atom. The van der Waals surface area contributed by atoms with Crippen LogP contribution in [0.4, 0.5) is 11.4 Å². The van der Waals surface area contributed by atoms with E-state index in [4.69, 9.17) is 23.2 Å². The van der Waals surface area contributed by atoms with Crippen molar-refractivity contribution >= 4 is 46.7 Å². The zero-order chi connectivity index (χ0) is 19.3. The summed E-state index contributed by atoms with van der Waals surface area (Å²) in [6.07, 6.45) is 1.07. The minimum atomic E-state index is -0.770. The molecule has 0 saturated heterocycles. The summed E-state index contributed by atoms with van der Waals surface area (Å²) in [5.41, 5.74) is 2.38. The number of benzene rings is 2. The van der Waals surface area contributed by atoms with Crippen molar-refractivity contribution in [2.75, 3.05) is 5.32 Å². The van der Waals surface area contributed by atoms with Crippen LogP contribution in [0.25, 0.3) is 0 Å². The summed E-state index contributed by atoms with van der Waals surface area (Å²) in [7, 11) is 0.